The van der Waals surface area contributed by atoms with E-state index in [-0.39, 0.29) is 12.8 Å². The minimum atomic E-state index is -4.73. The molecule has 0 fully saturated rings. The van der Waals surface area contributed by atoms with Gasteiger partial charge in [-0.1, -0.05) is 162 Å². The summed E-state index contributed by atoms with van der Waals surface area (Å²) in [5, 5.41) is 21.6. The molecule has 0 aromatic heterocycles. The molecule has 0 aromatic carbocycles. The van der Waals surface area contributed by atoms with E-state index in [2.05, 4.69) is 19.2 Å². The smallest absolute Gasteiger partial charge is 0.472 e. The molecular formula is C37H72NO10P. The molecule has 4 N–H and O–H groups in total. The Bertz CT molecular complexity index is 859. The summed E-state index contributed by atoms with van der Waals surface area (Å²) in [6.45, 7) is 2.50. The van der Waals surface area contributed by atoms with Crippen molar-refractivity contribution >= 4 is 25.7 Å². The molecule has 290 valence electrons. The maximum atomic E-state index is 12.2. The number of carbonyl (C=O) groups is 3. The van der Waals surface area contributed by atoms with Gasteiger partial charge in [0, 0.05) is 12.8 Å². The number of aliphatic hydroxyl groups excluding tert-OH is 1. The lowest BCUT2D eigenvalue weighted by Crippen LogP contribution is -2.43. The standard InChI is InChI=1S/C37H72NO10P/c1-3-5-7-9-11-12-13-14-15-16-17-18-19-20-21-22-23-25-27-29-36(41)46-30-33(39)31-47-49(44,45)48-32-34(37(42)43)38-35(40)28-26-24-10-8-6-4-2/h33-34,39H,3-32H2,1-2H3,(H,38,40)(H,42,43)(H,44,45). The number of amides is 1. The van der Waals surface area contributed by atoms with Crippen molar-refractivity contribution in [2.75, 3.05) is 19.8 Å². The summed E-state index contributed by atoms with van der Waals surface area (Å²) >= 11 is 0. The number of nitrogens with one attached hydrogen (secondary N) is 1. The lowest BCUT2D eigenvalue weighted by atomic mass is 10.0. The molecule has 12 heteroatoms. The molecule has 11 nitrogen and oxygen atoms in total. The highest BCUT2D eigenvalue weighted by Gasteiger charge is 2.28. The second kappa shape index (κ2) is 33.6. The molecule has 0 aromatic rings. The molecule has 0 aliphatic rings. The SMILES string of the molecule is CCCCCCCCCCCCCCCCCCCCCC(=O)OCC(O)COP(=O)(O)OCC(NC(=O)CCCCCCCC)C(=O)O. The fourth-order valence-electron chi connectivity index (χ4n) is 5.55. The number of carboxylic acid groups (broad SMARTS) is 1. The van der Waals surface area contributed by atoms with E-state index in [1.54, 1.807) is 0 Å². The predicted molar refractivity (Wildman–Crippen MR) is 194 cm³/mol. The van der Waals surface area contributed by atoms with Gasteiger partial charge in [-0.25, -0.2) is 9.36 Å². The Labute approximate surface area is 297 Å². The summed E-state index contributed by atoms with van der Waals surface area (Å²) in [6, 6.07) is -1.54. The Morgan fingerprint density at radius 1 is 0.571 bits per heavy atom. The first-order valence-corrected chi connectivity index (χ1v) is 21.1. The summed E-state index contributed by atoms with van der Waals surface area (Å²) in [5.74, 6) is -2.37. The lowest BCUT2D eigenvalue weighted by Gasteiger charge is -2.18. The van der Waals surface area contributed by atoms with Crippen molar-refractivity contribution in [1.29, 1.82) is 0 Å². The van der Waals surface area contributed by atoms with Crippen LogP contribution in [-0.4, -0.2) is 64.9 Å². The number of unbranched alkanes of at least 4 members (excludes halogenated alkanes) is 23. The molecule has 0 radical (unpaired) electrons. The van der Waals surface area contributed by atoms with Crippen molar-refractivity contribution in [2.24, 2.45) is 0 Å². The van der Waals surface area contributed by atoms with Crippen molar-refractivity contribution in [3.05, 3.63) is 0 Å². The Balaban J connectivity index is 3.79. The molecule has 0 aliphatic heterocycles. The van der Waals surface area contributed by atoms with Crippen LogP contribution < -0.4 is 5.32 Å². The van der Waals surface area contributed by atoms with Gasteiger partial charge in [0.05, 0.1) is 13.2 Å². The molecule has 0 aliphatic carbocycles. The third kappa shape index (κ3) is 33.4. The molecule has 49 heavy (non-hydrogen) atoms. The second-order valence-electron chi connectivity index (χ2n) is 13.5. The zero-order valence-electron chi connectivity index (χ0n) is 31.0. The summed E-state index contributed by atoms with van der Waals surface area (Å²) in [5.41, 5.74) is 0. The summed E-state index contributed by atoms with van der Waals surface area (Å²) in [4.78, 5) is 45.4. The zero-order valence-corrected chi connectivity index (χ0v) is 31.9. The van der Waals surface area contributed by atoms with E-state index >= 15 is 0 Å². The third-order valence-corrected chi connectivity index (χ3v) is 9.60. The van der Waals surface area contributed by atoms with E-state index in [9.17, 15) is 34.1 Å². The van der Waals surface area contributed by atoms with Gasteiger partial charge in [0.1, 0.15) is 12.7 Å². The number of rotatable bonds is 37. The maximum absolute atomic E-state index is 12.2. The number of hydrogen-bond donors (Lipinski definition) is 4. The average Bonchev–Trinajstić information content (AvgIpc) is 3.07. The van der Waals surface area contributed by atoms with Crippen LogP contribution in [0.15, 0.2) is 0 Å². The quantitative estimate of drug-likeness (QED) is 0.0276. The first-order chi connectivity index (χ1) is 23.6. The van der Waals surface area contributed by atoms with Crippen LogP contribution in [0.1, 0.15) is 187 Å². The third-order valence-electron chi connectivity index (χ3n) is 8.65. The minimum Gasteiger partial charge on any atom is -0.480 e. The van der Waals surface area contributed by atoms with E-state index in [1.807, 2.05) is 0 Å². The van der Waals surface area contributed by atoms with E-state index in [1.165, 1.54) is 96.3 Å². The molecule has 3 atom stereocenters. The Morgan fingerprint density at radius 3 is 1.35 bits per heavy atom. The molecule has 0 saturated heterocycles. The highest BCUT2D eigenvalue weighted by Crippen LogP contribution is 2.43. The van der Waals surface area contributed by atoms with Gasteiger partial charge in [-0.15, -0.1) is 0 Å². The zero-order chi connectivity index (χ0) is 36.4. The first-order valence-electron chi connectivity index (χ1n) is 19.6. The van der Waals surface area contributed by atoms with Crippen molar-refractivity contribution in [3.63, 3.8) is 0 Å². The number of aliphatic hydroxyl groups is 1. The highest BCUT2D eigenvalue weighted by atomic mass is 31.2. The van der Waals surface area contributed by atoms with Crippen LogP contribution in [0.5, 0.6) is 0 Å². The molecule has 0 rings (SSSR count). The number of carboxylic acids is 1. The van der Waals surface area contributed by atoms with Crippen LogP contribution in [-0.2, 0) is 32.7 Å². The van der Waals surface area contributed by atoms with Crippen LogP contribution in [0.3, 0.4) is 0 Å². The Kier molecular flexibility index (Phi) is 32.6. The molecule has 0 spiro atoms. The molecule has 3 unspecified atom stereocenters. The fourth-order valence-corrected chi connectivity index (χ4v) is 6.32. The predicted octanol–water partition coefficient (Wildman–Crippen LogP) is 9.17. The number of aliphatic carboxylic acids is 1. The van der Waals surface area contributed by atoms with Gasteiger partial charge < -0.3 is 25.2 Å². The molecule has 0 bridgehead atoms. The number of ether oxygens (including phenoxy) is 1. The van der Waals surface area contributed by atoms with Gasteiger partial charge in [0.15, 0.2) is 6.04 Å². The van der Waals surface area contributed by atoms with Gasteiger partial charge in [0.25, 0.3) is 0 Å². The molecule has 1 amide bonds. The van der Waals surface area contributed by atoms with E-state index < -0.39 is 57.6 Å². The number of phosphoric acid groups is 1. The summed E-state index contributed by atoms with van der Waals surface area (Å²) in [7, 11) is -4.73. The Morgan fingerprint density at radius 2 is 0.939 bits per heavy atom. The topological polar surface area (TPSA) is 169 Å². The number of carbonyl (C=O) groups excluding carboxylic acids is 2. The fraction of sp³-hybridized carbons (Fsp3) is 0.919. The monoisotopic (exact) mass is 721 g/mol. The second-order valence-corrected chi connectivity index (χ2v) is 14.9. The number of esters is 1. The van der Waals surface area contributed by atoms with Crippen LogP contribution >= 0.6 is 7.82 Å². The Hall–Kier alpha value is -1.52. The van der Waals surface area contributed by atoms with Gasteiger partial charge >= 0.3 is 19.8 Å². The van der Waals surface area contributed by atoms with Gasteiger partial charge in [-0.2, -0.15) is 0 Å². The van der Waals surface area contributed by atoms with Gasteiger partial charge in [-0.3, -0.25) is 18.6 Å². The molecule has 0 heterocycles. The first kappa shape index (κ1) is 47.5. The normalized spacial score (nSPS) is 13.9. The average molecular weight is 722 g/mol. The van der Waals surface area contributed by atoms with Crippen LogP contribution in [0.25, 0.3) is 0 Å². The van der Waals surface area contributed by atoms with Gasteiger partial charge in [0.2, 0.25) is 5.91 Å². The van der Waals surface area contributed by atoms with Crippen molar-refractivity contribution in [3.8, 4) is 0 Å². The van der Waals surface area contributed by atoms with E-state index in [4.69, 9.17) is 13.8 Å². The number of hydrogen-bond acceptors (Lipinski definition) is 8. The largest absolute Gasteiger partial charge is 0.480 e. The van der Waals surface area contributed by atoms with E-state index in [0.717, 1.165) is 51.4 Å². The van der Waals surface area contributed by atoms with Crippen molar-refractivity contribution in [2.45, 2.75) is 199 Å². The van der Waals surface area contributed by atoms with Crippen molar-refractivity contribution in [1.82, 2.24) is 5.32 Å². The minimum absolute atomic E-state index is 0.146. The molecule has 0 saturated carbocycles. The van der Waals surface area contributed by atoms with Gasteiger partial charge in [-0.05, 0) is 12.8 Å². The maximum Gasteiger partial charge on any atom is 0.472 e. The van der Waals surface area contributed by atoms with Crippen LogP contribution in [0.4, 0.5) is 0 Å². The van der Waals surface area contributed by atoms with Crippen LogP contribution in [0, 0.1) is 0 Å². The highest BCUT2D eigenvalue weighted by molar-refractivity contribution is 7.47. The van der Waals surface area contributed by atoms with Crippen LogP contribution in [0.2, 0.25) is 0 Å². The summed E-state index contributed by atoms with van der Waals surface area (Å²) < 4.78 is 26.6. The molecular weight excluding hydrogens is 649 g/mol. The number of phosphoric ester groups is 1. The lowest BCUT2D eigenvalue weighted by molar-refractivity contribution is -0.147. The van der Waals surface area contributed by atoms with E-state index in [0.29, 0.717) is 12.8 Å². The summed E-state index contributed by atoms with van der Waals surface area (Å²) in [6.07, 6.45) is 29.0. The van der Waals surface area contributed by atoms with Crippen molar-refractivity contribution < 1.29 is 47.8 Å².